The molecular weight excluding hydrogens is 408 g/mol. The molecule has 0 saturated carbocycles. The highest BCUT2D eigenvalue weighted by Gasteiger charge is 2.33. The lowest BCUT2D eigenvalue weighted by Gasteiger charge is -2.20. The first-order valence-corrected chi connectivity index (χ1v) is 10.0. The van der Waals surface area contributed by atoms with Gasteiger partial charge >= 0.3 is 11.9 Å². The van der Waals surface area contributed by atoms with E-state index >= 15 is 0 Å². The zero-order valence-electron chi connectivity index (χ0n) is 19.5. The Morgan fingerprint density at radius 3 is 1.65 bits per heavy atom. The SMILES string of the molecule is CC(C)(C)OC(=O)CNC(=O)C(=C[C@@H]1COC(C)(C)O1)C(=O)NCC(=O)OC(C)(C)C. The Balaban J connectivity index is 2.86. The van der Waals surface area contributed by atoms with Gasteiger partial charge in [0, 0.05) is 0 Å². The summed E-state index contributed by atoms with van der Waals surface area (Å²) in [5.74, 6) is -3.82. The van der Waals surface area contributed by atoms with Gasteiger partial charge in [-0.25, -0.2) is 0 Å². The summed E-state index contributed by atoms with van der Waals surface area (Å²) < 4.78 is 21.3. The monoisotopic (exact) mass is 442 g/mol. The third-order valence-corrected chi connectivity index (χ3v) is 3.50. The highest BCUT2D eigenvalue weighted by atomic mass is 16.7. The van der Waals surface area contributed by atoms with Gasteiger partial charge in [-0.2, -0.15) is 0 Å². The molecule has 1 aliphatic heterocycles. The number of hydrogen-bond donors (Lipinski definition) is 2. The molecular formula is C21H34N2O8. The summed E-state index contributed by atoms with van der Waals surface area (Å²) in [4.78, 5) is 49.0. The van der Waals surface area contributed by atoms with Gasteiger partial charge in [0.15, 0.2) is 5.79 Å². The van der Waals surface area contributed by atoms with Crippen LogP contribution in [0.15, 0.2) is 11.6 Å². The number of nitrogens with one attached hydrogen (secondary N) is 2. The third-order valence-electron chi connectivity index (χ3n) is 3.50. The lowest BCUT2D eigenvalue weighted by molar-refractivity contribution is -0.154. The van der Waals surface area contributed by atoms with Crippen molar-refractivity contribution in [2.75, 3.05) is 19.7 Å². The fraction of sp³-hybridized carbons (Fsp3) is 0.714. The van der Waals surface area contributed by atoms with Gasteiger partial charge in [-0.3, -0.25) is 19.2 Å². The Labute approximate surface area is 183 Å². The smallest absolute Gasteiger partial charge is 0.325 e. The predicted octanol–water partition coefficient (Wildman–Crippen LogP) is 0.980. The fourth-order valence-electron chi connectivity index (χ4n) is 2.49. The van der Waals surface area contributed by atoms with E-state index in [1.165, 1.54) is 6.08 Å². The highest BCUT2D eigenvalue weighted by molar-refractivity contribution is 6.19. The van der Waals surface area contributed by atoms with Gasteiger partial charge in [-0.1, -0.05) is 0 Å². The minimum absolute atomic E-state index is 0.134. The normalized spacial score (nSPS) is 18.0. The van der Waals surface area contributed by atoms with E-state index in [1.54, 1.807) is 55.4 Å². The van der Waals surface area contributed by atoms with Crippen molar-refractivity contribution in [2.24, 2.45) is 0 Å². The van der Waals surface area contributed by atoms with Gasteiger partial charge in [-0.05, 0) is 61.5 Å². The van der Waals surface area contributed by atoms with E-state index in [1.807, 2.05) is 0 Å². The Morgan fingerprint density at radius 1 is 0.903 bits per heavy atom. The minimum atomic E-state index is -0.869. The summed E-state index contributed by atoms with van der Waals surface area (Å²) in [5.41, 5.74) is -1.75. The largest absolute Gasteiger partial charge is 0.459 e. The first-order chi connectivity index (χ1) is 14.0. The van der Waals surface area contributed by atoms with E-state index in [-0.39, 0.29) is 12.2 Å². The summed E-state index contributed by atoms with van der Waals surface area (Å²) in [6.07, 6.45) is 0.633. The molecule has 2 N–H and O–H groups in total. The van der Waals surface area contributed by atoms with Crippen LogP contribution < -0.4 is 10.6 Å². The van der Waals surface area contributed by atoms with Crippen LogP contribution in [0.1, 0.15) is 55.4 Å². The van der Waals surface area contributed by atoms with Crippen molar-refractivity contribution in [3.05, 3.63) is 11.6 Å². The molecule has 0 aromatic rings. The first kappa shape index (κ1) is 26.6. The second-order valence-corrected chi connectivity index (χ2v) is 9.49. The van der Waals surface area contributed by atoms with Gasteiger partial charge in [0.2, 0.25) is 0 Å². The van der Waals surface area contributed by atoms with Crippen LogP contribution >= 0.6 is 0 Å². The maximum absolute atomic E-state index is 12.6. The number of hydrogen-bond acceptors (Lipinski definition) is 8. The quantitative estimate of drug-likeness (QED) is 0.258. The van der Waals surface area contributed by atoms with Crippen LogP contribution in [0, 0.1) is 0 Å². The first-order valence-electron chi connectivity index (χ1n) is 10.0. The second-order valence-electron chi connectivity index (χ2n) is 9.49. The average molecular weight is 443 g/mol. The van der Waals surface area contributed by atoms with Gasteiger partial charge in [0.1, 0.15) is 36.0 Å². The highest BCUT2D eigenvalue weighted by Crippen LogP contribution is 2.23. The lowest BCUT2D eigenvalue weighted by atomic mass is 10.1. The van der Waals surface area contributed by atoms with Crippen LogP contribution in [0.25, 0.3) is 0 Å². The molecule has 0 aromatic carbocycles. The fourth-order valence-corrected chi connectivity index (χ4v) is 2.49. The summed E-state index contributed by atoms with van der Waals surface area (Å²) in [6.45, 7) is 12.8. The Hall–Kier alpha value is -2.46. The molecule has 1 fully saturated rings. The van der Waals surface area contributed by atoms with Crippen LogP contribution in [-0.2, 0) is 38.1 Å². The van der Waals surface area contributed by atoms with E-state index in [2.05, 4.69) is 10.6 Å². The molecule has 0 spiro atoms. The molecule has 0 bridgehead atoms. The van der Waals surface area contributed by atoms with E-state index in [0.717, 1.165) is 0 Å². The zero-order valence-corrected chi connectivity index (χ0v) is 19.5. The van der Waals surface area contributed by atoms with Crippen LogP contribution in [-0.4, -0.2) is 66.5 Å². The van der Waals surface area contributed by atoms with Crippen molar-refractivity contribution in [1.82, 2.24) is 10.6 Å². The molecule has 0 aliphatic carbocycles. The van der Waals surface area contributed by atoms with Crippen molar-refractivity contribution < 1.29 is 38.1 Å². The van der Waals surface area contributed by atoms with Gasteiger partial charge in [0.05, 0.1) is 6.61 Å². The van der Waals surface area contributed by atoms with Crippen LogP contribution in [0.4, 0.5) is 0 Å². The van der Waals surface area contributed by atoms with Gasteiger partial charge < -0.3 is 29.6 Å². The molecule has 1 aliphatic rings. The van der Waals surface area contributed by atoms with Crippen LogP contribution in [0.2, 0.25) is 0 Å². The zero-order chi connectivity index (χ0) is 24.0. The number of carbonyl (C=O) groups is 4. The Morgan fingerprint density at radius 2 is 1.32 bits per heavy atom. The average Bonchev–Trinajstić information content (AvgIpc) is 2.91. The van der Waals surface area contributed by atoms with Crippen molar-refractivity contribution in [3.63, 3.8) is 0 Å². The summed E-state index contributed by atoms with van der Waals surface area (Å²) in [7, 11) is 0. The lowest BCUT2D eigenvalue weighted by Crippen LogP contribution is -2.41. The number of amides is 2. The van der Waals surface area contributed by atoms with E-state index in [0.29, 0.717) is 0 Å². The van der Waals surface area contributed by atoms with E-state index < -0.39 is 59.9 Å². The molecule has 1 saturated heterocycles. The van der Waals surface area contributed by atoms with Crippen molar-refractivity contribution >= 4 is 23.8 Å². The standard InChI is InChI=1S/C21H34N2O8/c1-19(2,3)30-15(24)10-22-17(26)14(9-13-12-28-21(7,8)29-13)18(27)23-11-16(25)31-20(4,5)6/h9,13H,10-12H2,1-8H3,(H,22,26)(H,23,27)/t13-/m1/s1. The summed E-state index contributed by atoms with van der Waals surface area (Å²) in [5, 5.41) is 4.70. The molecule has 1 heterocycles. The molecule has 1 rings (SSSR count). The van der Waals surface area contributed by atoms with Crippen molar-refractivity contribution in [3.8, 4) is 0 Å². The van der Waals surface area contributed by atoms with Crippen LogP contribution in [0.3, 0.4) is 0 Å². The van der Waals surface area contributed by atoms with Crippen LogP contribution in [0.5, 0.6) is 0 Å². The molecule has 2 amide bonds. The Bertz CT molecular complexity index is 683. The number of carbonyl (C=O) groups excluding carboxylic acids is 4. The van der Waals surface area contributed by atoms with E-state index in [4.69, 9.17) is 18.9 Å². The second kappa shape index (κ2) is 10.2. The maximum Gasteiger partial charge on any atom is 0.325 e. The van der Waals surface area contributed by atoms with E-state index in [9.17, 15) is 19.2 Å². The minimum Gasteiger partial charge on any atom is -0.459 e. The molecule has 0 aromatic heterocycles. The van der Waals surface area contributed by atoms with Crippen molar-refractivity contribution in [1.29, 1.82) is 0 Å². The van der Waals surface area contributed by atoms with Crippen molar-refractivity contribution in [2.45, 2.75) is 78.5 Å². The Kier molecular flexibility index (Phi) is 8.77. The predicted molar refractivity (Wildman–Crippen MR) is 111 cm³/mol. The third kappa shape index (κ3) is 10.9. The molecule has 0 radical (unpaired) electrons. The summed E-state index contributed by atoms with van der Waals surface area (Å²) >= 11 is 0. The number of esters is 2. The molecule has 31 heavy (non-hydrogen) atoms. The topological polar surface area (TPSA) is 129 Å². The molecule has 10 nitrogen and oxygen atoms in total. The number of ether oxygens (including phenoxy) is 4. The summed E-state index contributed by atoms with van der Waals surface area (Å²) in [6, 6.07) is 0. The molecule has 0 unspecified atom stereocenters. The number of rotatable bonds is 7. The van der Waals surface area contributed by atoms with Gasteiger partial charge in [0.25, 0.3) is 11.8 Å². The molecule has 1 atom stereocenters. The molecule has 10 heteroatoms. The van der Waals surface area contributed by atoms with Gasteiger partial charge in [-0.15, -0.1) is 0 Å². The molecule has 176 valence electrons. The maximum atomic E-state index is 12.6.